The number of piperidine rings is 1. The number of carbonyl (C=O) groups is 2. The van der Waals surface area contributed by atoms with Gasteiger partial charge in [0.1, 0.15) is 0 Å². The van der Waals surface area contributed by atoms with E-state index in [-0.39, 0.29) is 29.5 Å². The predicted molar refractivity (Wildman–Crippen MR) is 88.1 cm³/mol. The summed E-state index contributed by atoms with van der Waals surface area (Å²) < 4.78 is 26.6. The van der Waals surface area contributed by atoms with Crippen molar-refractivity contribution in [2.24, 2.45) is 5.92 Å². The summed E-state index contributed by atoms with van der Waals surface area (Å²) in [4.78, 5) is 25.1. The minimum absolute atomic E-state index is 0.0120. The average Bonchev–Trinajstić information content (AvgIpc) is 2.59. The van der Waals surface area contributed by atoms with Crippen molar-refractivity contribution in [3.05, 3.63) is 42.5 Å². The second-order valence-electron chi connectivity index (χ2n) is 5.60. The maximum absolute atomic E-state index is 12.6. The number of carboxylic acids is 1. The number of nitrogens with zero attached hydrogens (tertiary/aromatic N) is 1. The van der Waals surface area contributed by atoms with E-state index < -0.39 is 21.9 Å². The summed E-state index contributed by atoms with van der Waals surface area (Å²) in [5.74, 6) is -1.86. The molecule has 2 rings (SSSR count). The van der Waals surface area contributed by atoms with Gasteiger partial charge in [0.15, 0.2) is 0 Å². The fourth-order valence-electron chi connectivity index (χ4n) is 2.59. The first-order valence-electron chi connectivity index (χ1n) is 7.58. The van der Waals surface area contributed by atoms with Gasteiger partial charge in [-0.2, -0.15) is 0 Å². The number of amides is 1. The molecule has 0 aliphatic carbocycles. The Hall–Kier alpha value is -2.19. The van der Waals surface area contributed by atoms with Crippen LogP contribution in [0.2, 0.25) is 0 Å². The Morgan fingerprint density at radius 1 is 1.42 bits per heavy atom. The molecule has 1 amide bonds. The Morgan fingerprint density at radius 3 is 2.83 bits per heavy atom. The zero-order valence-electron chi connectivity index (χ0n) is 13.1. The number of carboxylic acid groups (broad SMARTS) is 1. The number of nitrogens with one attached hydrogen (secondary N) is 1. The van der Waals surface area contributed by atoms with Crippen LogP contribution in [0.15, 0.2) is 41.8 Å². The van der Waals surface area contributed by atoms with Gasteiger partial charge in [0.05, 0.1) is 10.8 Å². The molecule has 0 aromatic heterocycles. The zero-order valence-corrected chi connectivity index (χ0v) is 14.0. The first kappa shape index (κ1) is 18.2. The lowest BCUT2D eigenvalue weighted by atomic mass is 9.97. The lowest BCUT2D eigenvalue weighted by Gasteiger charge is -2.30. The molecular weight excluding hydrogens is 332 g/mol. The topological polar surface area (TPSA) is 104 Å². The fraction of sp³-hybridized carbons (Fsp3) is 0.375. The SMILES string of the molecule is C=CCNS(=O)(=O)c1cccc(C(=O)N2CCCC(C(=O)O)C2)c1. The van der Waals surface area contributed by atoms with Crippen molar-refractivity contribution < 1.29 is 23.1 Å². The molecule has 1 aromatic carbocycles. The third kappa shape index (κ3) is 4.21. The van der Waals surface area contributed by atoms with Crippen LogP contribution in [0.1, 0.15) is 23.2 Å². The van der Waals surface area contributed by atoms with E-state index in [4.69, 9.17) is 5.11 Å². The minimum atomic E-state index is -3.72. The van der Waals surface area contributed by atoms with Gasteiger partial charge in [0, 0.05) is 25.2 Å². The standard InChI is InChI=1S/C16H20N2O5S/c1-2-8-17-24(22,23)14-7-3-5-12(10-14)15(19)18-9-4-6-13(11-18)16(20)21/h2-3,5,7,10,13,17H,1,4,6,8-9,11H2,(H,20,21). The zero-order chi connectivity index (χ0) is 17.7. The molecule has 1 unspecified atom stereocenters. The quantitative estimate of drug-likeness (QED) is 0.746. The Balaban J connectivity index is 2.20. The second-order valence-corrected chi connectivity index (χ2v) is 7.36. The van der Waals surface area contributed by atoms with Gasteiger partial charge >= 0.3 is 5.97 Å². The molecule has 1 aliphatic heterocycles. The molecule has 0 spiro atoms. The molecule has 1 fully saturated rings. The first-order chi connectivity index (χ1) is 11.3. The first-order valence-corrected chi connectivity index (χ1v) is 9.06. The van der Waals surface area contributed by atoms with Gasteiger partial charge in [-0.25, -0.2) is 13.1 Å². The van der Waals surface area contributed by atoms with Gasteiger partial charge in [-0.1, -0.05) is 12.1 Å². The summed E-state index contributed by atoms with van der Waals surface area (Å²) in [6.45, 7) is 4.15. The Bertz CT molecular complexity index is 745. The van der Waals surface area contributed by atoms with E-state index in [1.165, 1.54) is 35.2 Å². The van der Waals surface area contributed by atoms with Crippen LogP contribution in [-0.4, -0.2) is 49.9 Å². The highest BCUT2D eigenvalue weighted by Crippen LogP contribution is 2.20. The Labute approximate surface area is 141 Å². The van der Waals surface area contributed by atoms with E-state index in [0.717, 1.165) is 0 Å². The van der Waals surface area contributed by atoms with Crippen LogP contribution in [0.3, 0.4) is 0 Å². The molecule has 1 heterocycles. The van der Waals surface area contributed by atoms with Gasteiger partial charge in [-0.05, 0) is 31.0 Å². The molecule has 1 saturated heterocycles. The van der Waals surface area contributed by atoms with Crippen molar-refractivity contribution >= 4 is 21.9 Å². The number of likely N-dealkylation sites (tertiary alicyclic amines) is 1. The molecule has 7 nitrogen and oxygen atoms in total. The minimum Gasteiger partial charge on any atom is -0.481 e. The van der Waals surface area contributed by atoms with Gasteiger partial charge < -0.3 is 10.0 Å². The monoisotopic (exact) mass is 352 g/mol. The molecule has 130 valence electrons. The van der Waals surface area contributed by atoms with Crippen molar-refractivity contribution in [3.8, 4) is 0 Å². The number of aliphatic carboxylic acids is 1. The summed E-state index contributed by atoms with van der Waals surface area (Å²) in [5, 5.41) is 9.11. The number of hydrogen-bond donors (Lipinski definition) is 2. The number of carbonyl (C=O) groups excluding carboxylic acids is 1. The molecule has 2 N–H and O–H groups in total. The third-order valence-electron chi connectivity index (χ3n) is 3.87. The highest BCUT2D eigenvalue weighted by atomic mass is 32.2. The number of hydrogen-bond acceptors (Lipinski definition) is 4. The van der Waals surface area contributed by atoms with Crippen molar-refractivity contribution in [3.63, 3.8) is 0 Å². The molecule has 24 heavy (non-hydrogen) atoms. The third-order valence-corrected chi connectivity index (χ3v) is 5.29. The van der Waals surface area contributed by atoms with Crippen molar-refractivity contribution in [2.45, 2.75) is 17.7 Å². The van der Waals surface area contributed by atoms with Crippen LogP contribution < -0.4 is 4.72 Å². The lowest BCUT2D eigenvalue weighted by molar-refractivity contribution is -0.143. The summed E-state index contributed by atoms with van der Waals surface area (Å²) >= 11 is 0. The van der Waals surface area contributed by atoms with E-state index in [2.05, 4.69) is 11.3 Å². The van der Waals surface area contributed by atoms with Crippen LogP contribution >= 0.6 is 0 Å². The maximum Gasteiger partial charge on any atom is 0.308 e. The van der Waals surface area contributed by atoms with Gasteiger partial charge in [-0.3, -0.25) is 9.59 Å². The van der Waals surface area contributed by atoms with Crippen molar-refractivity contribution in [2.75, 3.05) is 19.6 Å². The summed E-state index contributed by atoms with van der Waals surface area (Å²) in [5.41, 5.74) is 0.225. The van der Waals surface area contributed by atoms with E-state index in [1.54, 1.807) is 0 Å². The van der Waals surface area contributed by atoms with Crippen LogP contribution in [0.4, 0.5) is 0 Å². The van der Waals surface area contributed by atoms with Crippen molar-refractivity contribution in [1.29, 1.82) is 0 Å². The van der Waals surface area contributed by atoms with Crippen LogP contribution in [0.25, 0.3) is 0 Å². The lowest BCUT2D eigenvalue weighted by Crippen LogP contribution is -2.42. The van der Waals surface area contributed by atoms with E-state index in [9.17, 15) is 18.0 Å². The van der Waals surface area contributed by atoms with Gasteiger partial charge in [0.2, 0.25) is 10.0 Å². The molecular formula is C16H20N2O5S. The number of sulfonamides is 1. The molecule has 0 saturated carbocycles. The highest BCUT2D eigenvalue weighted by molar-refractivity contribution is 7.89. The number of benzene rings is 1. The molecule has 1 aromatic rings. The van der Waals surface area contributed by atoms with Crippen molar-refractivity contribution in [1.82, 2.24) is 9.62 Å². The van der Waals surface area contributed by atoms with Crippen LogP contribution in [0.5, 0.6) is 0 Å². The largest absolute Gasteiger partial charge is 0.481 e. The van der Waals surface area contributed by atoms with Crippen LogP contribution in [0, 0.1) is 5.92 Å². The summed E-state index contributed by atoms with van der Waals surface area (Å²) in [6.07, 6.45) is 2.58. The fourth-order valence-corrected chi connectivity index (χ4v) is 3.64. The summed E-state index contributed by atoms with van der Waals surface area (Å²) in [6, 6.07) is 5.73. The summed E-state index contributed by atoms with van der Waals surface area (Å²) in [7, 11) is -3.72. The highest BCUT2D eigenvalue weighted by Gasteiger charge is 2.29. The average molecular weight is 352 g/mol. The molecule has 0 radical (unpaired) electrons. The smallest absolute Gasteiger partial charge is 0.308 e. The maximum atomic E-state index is 12.6. The van der Waals surface area contributed by atoms with E-state index in [1.807, 2.05) is 0 Å². The van der Waals surface area contributed by atoms with Crippen LogP contribution in [-0.2, 0) is 14.8 Å². The van der Waals surface area contributed by atoms with E-state index in [0.29, 0.717) is 19.4 Å². The second kappa shape index (κ2) is 7.59. The number of rotatable bonds is 6. The van der Waals surface area contributed by atoms with E-state index >= 15 is 0 Å². The molecule has 8 heteroatoms. The van der Waals surface area contributed by atoms with Gasteiger partial charge in [-0.15, -0.1) is 6.58 Å². The predicted octanol–water partition coefficient (Wildman–Crippen LogP) is 1.09. The Kier molecular flexibility index (Phi) is 5.74. The molecule has 1 atom stereocenters. The normalized spacial score (nSPS) is 18.2. The molecule has 0 bridgehead atoms. The molecule has 1 aliphatic rings. The van der Waals surface area contributed by atoms with Gasteiger partial charge in [0.25, 0.3) is 5.91 Å². The Morgan fingerprint density at radius 2 is 2.17 bits per heavy atom.